The van der Waals surface area contributed by atoms with Crippen LogP contribution in [0.25, 0.3) is 0 Å². The molecule has 0 unspecified atom stereocenters. The van der Waals surface area contributed by atoms with Gasteiger partial charge in [0, 0.05) is 11.1 Å². The molecule has 2 aromatic carbocycles. The number of aryl methyl sites for hydroxylation is 1. The van der Waals surface area contributed by atoms with Crippen LogP contribution in [0.3, 0.4) is 0 Å². The van der Waals surface area contributed by atoms with Gasteiger partial charge in [-0.1, -0.05) is 35.9 Å². The minimum atomic E-state index is -0.0948. The van der Waals surface area contributed by atoms with Gasteiger partial charge < -0.3 is 4.74 Å². The molecule has 18 heavy (non-hydrogen) atoms. The van der Waals surface area contributed by atoms with Gasteiger partial charge in [0.15, 0.2) is 5.78 Å². The van der Waals surface area contributed by atoms with E-state index >= 15 is 0 Å². The van der Waals surface area contributed by atoms with E-state index in [0.717, 1.165) is 5.56 Å². The van der Waals surface area contributed by atoms with Crippen LogP contribution in [0.5, 0.6) is 5.75 Å². The number of ketones is 1. The lowest BCUT2D eigenvalue weighted by atomic mass is 10.0. The van der Waals surface area contributed by atoms with Crippen molar-refractivity contribution >= 4 is 17.4 Å². The highest BCUT2D eigenvalue weighted by Gasteiger charge is 2.14. The van der Waals surface area contributed by atoms with Crippen LogP contribution in [0.4, 0.5) is 0 Å². The van der Waals surface area contributed by atoms with Gasteiger partial charge in [-0.15, -0.1) is 0 Å². The van der Waals surface area contributed by atoms with Gasteiger partial charge >= 0.3 is 0 Å². The van der Waals surface area contributed by atoms with Crippen molar-refractivity contribution in [2.75, 3.05) is 7.11 Å². The van der Waals surface area contributed by atoms with E-state index in [-0.39, 0.29) is 5.78 Å². The zero-order valence-electron chi connectivity index (χ0n) is 10.2. The van der Waals surface area contributed by atoms with Crippen molar-refractivity contribution in [2.24, 2.45) is 0 Å². The highest BCUT2D eigenvalue weighted by molar-refractivity contribution is 6.35. The number of rotatable bonds is 3. The Kier molecular flexibility index (Phi) is 3.68. The standard InChI is InChI=1S/C15H13ClO2/c1-10-5-3-8-13(14(10)16)15(17)11-6-4-7-12(9-11)18-2/h3-9H,1-2H3. The van der Waals surface area contributed by atoms with Crippen LogP contribution in [-0.4, -0.2) is 12.9 Å². The molecule has 0 saturated carbocycles. The third-order valence-corrected chi connectivity index (χ3v) is 3.27. The highest BCUT2D eigenvalue weighted by Crippen LogP contribution is 2.24. The Labute approximate surface area is 111 Å². The van der Waals surface area contributed by atoms with Crippen LogP contribution in [0.2, 0.25) is 5.02 Å². The number of carbonyl (C=O) groups excluding carboxylic acids is 1. The molecule has 0 amide bonds. The summed E-state index contributed by atoms with van der Waals surface area (Å²) in [5.41, 5.74) is 1.98. The fraction of sp³-hybridized carbons (Fsp3) is 0.133. The first-order valence-electron chi connectivity index (χ1n) is 5.57. The summed E-state index contributed by atoms with van der Waals surface area (Å²) in [6, 6.07) is 12.5. The van der Waals surface area contributed by atoms with Crippen molar-refractivity contribution in [3.63, 3.8) is 0 Å². The average Bonchev–Trinajstić information content (AvgIpc) is 2.41. The summed E-state index contributed by atoms with van der Waals surface area (Å²) >= 11 is 6.16. The molecule has 92 valence electrons. The Morgan fingerprint density at radius 2 is 1.89 bits per heavy atom. The monoisotopic (exact) mass is 260 g/mol. The lowest BCUT2D eigenvalue weighted by Gasteiger charge is -2.07. The van der Waals surface area contributed by atoms with E-state index in [1.54, 1.807) is 37.4 Å². The first-order chi connectivity index (χ1) is 8.63. The number of ether oxygens (including phenoxy) is 1. The summed E-state index contributed by atoms with van der Waals surface area (Å²) in [6.07, 6.45) is 0. The summed E-state index contributed by atoms with van der Waals surface area (Å²) in [6.45, 7) is 1.88. The molecule has 0 spiro atoms. The maximum Gasteiger partial charge on any atom is 0.194 e. The summed E-state index contributed by atoms with van der Waals surface area (Å²) in [5, 5.41) is 0.505. The maximum absolute atomic E-state index is 12.3. The van der Waals surface area contributed by atoms with Crippen molar-refractivity contribution in [1.82, 2.24) is 0 Å². The van der Waals surface area contributed by atoms with Crippen molar-refractivity contribution in [3.8, 4) is 5.75 Å². The smallest absolute Gasteiger partial charge is 0.194 e. The second-order valence-electron chi connectivity index (χ2n) is 4.00. The predicted octanol–water partition coefficient (Wildman–Crippen LogP) is 3.89. The molecule has 3 heteroatoms. The number of benzene rings is 2. The lowest BCUT2D eigenvalue weighted by molar-refractivity contribution is 0.103. The molecule has 0 heterocycles. The molecule has 0 aliphatic heterocycles. The molecule has 0 fully saturated rings. The second kappa shape index (κ2) is 5.23. The van der Waals surface area contributed by atoms with E-state index in [9.17, 15) is 4.79 Å². The zero-order valence-corrected chi connectivity index (χ0v) is 11.0. The molecular weight excluding hydrogens is 248 g/mol. The molecule has 0 radical (unpaired) electrons. The minimum Gasteiger partial charge on any atom is -0.497 e. The molecule has 2 nitrogen and oxygen atoms in total. The van der Waals surface area contributed by atoms with Crippen molar-refractivity contribution in [3.05, 3.63) is 64.2 Å². The molecule has 0 aliphatic carbocycles. The van der Waals surface area contributed by atoms with Crippen molar-refractivity contribution in [1.29, 1.82) is 0 Å². The Morgan fingerprint density at radius 3 is 2.61 bits per heavy atom. The van der Waals surface area contributed by atoms with Gasteiger partial charge in [-0.25, -0.2) is 0 Å². The Hall–Kier alpha value is -1.80. The Balaban J connectivity index is 2.44. The molecule has 0 aromatic heterocycles. The van der Waals surface area contributed by atoms with E-state index in [2.05, 4.69) is 0 Å². The molecule has 0 N–H and O–H groups in total. The van der Waals surface area contributed by atoms with Crippen LogP contribution >= 0.6 is 11.6 Å². The predicted molar refractivity (Wildman–Crippen MR) is 72.6 cm³/mol. The van der Waals surface area contributed by atoms with E-state index in [1.807, 2.05) is 19.1 Å². The topological polar surface area (TPSA) is 26.3 Å². The summed E-state index contributed by atoms with van der Waals surface area (Å²) in [5.74, 6) is 0.562. The van der Waals surface area contributed by atoms with Gasteiger partial charge in [0.1, 0.15) is 5.75 Å². The maximum atomic E-state index is 12.3. The van der Waals surface area contributed by atoms with Crippen molar-refractivity contribution < 1.29 is 9.53 Å². The van der Waals surface area contributed by atoms with Gasteiger partial charge in [0.2, 0.25) is 0 Å². The van der Waals surface area contributed by atoms with E-state index in [0.29, 0.717) is 21.9 Å². The largest absolute Gasteiger partial charge is 0.497 e. The molecule has 0 saturated heterocycles. The van der Waals surface area contributed by atoms with Gasteiger partial charge in [-0.3, -0.25) is 4.79 Å². The number of hydrogen-bond donors (Lipinski definition) is 0. The average molecular weight is 261 g/mol. The molecule has 2 rings (SSSR count). The van der Waals surface area contributed by atoms with Gasteiger partial charge in [0.05, 0.1) is 12.1 Å². The molecular formula is C15H13ClO2. The third kappa shape index (κ3) is 2.39. The highest BCUT2D eigenvalue weighted by atomic mass is 35.5. The first kappa shape index (κ1) is 12.7. The minimum absolute atomic E-state index is 0.0948. The van der Waals surface area contributed by atoms with Crippen LogP contribution in [-0.2, 0) is 0 Å². The Bertz CT molecular complexity index is 591. The van der Waals surface area contributed by atoms with Gasteiger partial charge in [-0.2, -0.15) is 0 Å². The van der Waals surface area contributed by atoms with Crippen LogP contribution in [0.1, 0.15) is 21.5 Å². The number of halogens is 1. The van der Waals surface area contributed by atoms with Gasteiger partial charge in [0.25, 0.3) is 0 Å². The van der Waals surface area contributed by atoms with E-state index < -0.39 is 0 Å². The summed E-state index contributed by atoms with van der Waals surface area (Å²) in [7, 11) is 1.57. The van der Waals surface area contributed by atoms with Gasteiger partial charge in [-0.05, 0) is 30.7 Å². The lowest BCUT2D eigenvalue weighted by Crippen LogP contribution is -2.03. The molecule has 0 atom stereocenters. The van der Waals surface area contributed by atoms with E-state index in [4.69, 9.17) is 16.3 Å². The normalized spacial score (nSPS) is 10.2. The number of methoxy groups -OCH3 is 1. The molecule has 2 aromatic rings. The zero-order chi connectivity index (χ0) is 13.1. The quantitative estimate of drug-likeness (QED) is 0.783. The summed E-state index contributed by atoms with van der Waals surface area (Å²) < 4.78 is 5.11. The van der Waals surface area contributed by atoms with Crippen LogP contribution < -0.4 is 4.74 Å². The molecule has 0 aliphatic rings. The second-order valence-corrected chi connectivity index (χ2v) is 4.38. The first-order valence-corrected chi connectivity index (χ1v) is 5.95. The van der Waals surface area contributed by atoms with Crippen LogP contribution in [0, 0.1) is 6.92 Å². The van der Waals surface area contributed by atoms with Crippen LogP contribution in [0.15, 0.2) is 42.5 Å². The Morgan fingerprint density at radius 1 is 1.17 bits per heavy atom. The van der Waals surface area contributed by atoms with Crippen molar-refractivity contribution in [2.45, 2.75) is 6.92 Å². The fourth-order valence-corrected chi connectivity index (χ4v) is 1.95. The fourth-order valence-electron chi connectivity index (χ4n) is 1.74. The SMILES string of the molecule is COc1cccc(C(=O)c2cccc(C)c2Cl)c1. The summed E-state index contributed by atoms with van der Waals surface area (Å²) in [4.78, 5) is 12.3. The number of carbonyl (C=O) groups is 1. The van der Waals surface area contributed by atoms with E-state index in [1.165, 1.54) is 0 Å². The number of hydrogen-bond acceptors (Lipinski definition) is 2. The third-order valence-electron chi connectivity index (χ3n) is 2.77. The molecule has 0 bridgehead atoms.